The third kappa shape index (κ3) is 5.91. The first-order valence-corrected chi connectivity index (χ1v) is 7.95. The lowest BCUT2D eigenvalue weighted by molar-refractivity contribution is -0.137. The molecule has 1 heterocycles. The number of carbonyl (C=O) groups is 2. The van der Waals surface area contributed by atoms with Gasteiger partial charge in [0.25, 0.3) is 0 Å². The predicted molar refractivity (Wildman–Crippen MR) is 82.4 cm³/mol. The van der Waals surface area contributed by atoms with Crippen molar-refractivity contribution in [3.8, 4) is 0 Å². The number of carboxylic acids is 1. The molecule has 0 spiro atoms. The lowest BCUT2D eigenvalue weighted by atomic mass is 10.1. The highest BCUT2D eigenvalue weighted by atomic mass is 16.4. The van der Waals surface area contributed by atoms with Gasteiger partial charge in [-0.25, -0.2) is 4.79 Å². The zero-order chi connectivity index (χ0) is 15.8. The predicted octanol–water partition coefficient (Wildman–Crippen LogP) is 1.76. The number of hydrogen-bond donors (Lipinski definition) is 2. The van der Waals surface area contributed by atoms with Crippen molar-refractivity contribution in [1.82, 2.24) is 15.1 Å². The van der Waals surface area contributed by atoms with Crippen molar-refractivity contribution in [2.75, 3.05) is 26.7 Å². The summed E-state index contributed by atoms with van der Waals surface area (Å²) in [6.07, 6.45) is 3.41. The van der Waals surface area contributed by atoms with Gasteiger partial charge in [0.1, 0.15) is 0 Å². The molecule has 6 nitrogen and oxygen atoms in total. The maximum Gasteiger partial charge on any atom is 0.317 e. The second-order valence-corrected chi connectivity index (χ2v) is 5.90. The summed E-state index contributed by atoms with van der Waals surface area (Å²) in [6, 6.07) is -0.194. The van der Waals surface area contributed by atoms with E-state index in [1.54, 1.807) is 0 Å². The van der Waals surface area contributed by atoms with Crippen LogP contribution in [-0.4, -0.2) is 65.7 Å². The molecule has 122 valence electrons. The first-order chi connectivity index (χ1) is 9.97. The van der Waals surface area contributed by atoms with Crippen LogP contribution in [0.3, 0.4) is 0 Å². The number of aliphatic carboxylic acids is 1. The standard InChI is InChI=1S/C15H29N3O3/c1-4-7-12(10-14(19)20)16-15(21)18-9-6-8-17(3)11-13(18)5-2/h12-13H,4-11H2,1-3H3,(H,16,21)(H,19,20). The zero-order valence-corrected chi connectivity index (χ0v) is 13.5. The zero-order valence-electron chi connectivity index (χ0n) is 13.5. The van der Waals surface area contributed by atoms with Crippen molar-refractivity contribution >= 4 is 12.0 Å². The third-order valence-corrected chi connectivity index (χ3v) is 4.02. The van der Waals surface area contributed by atoms with Crippen molar-refractivity contribution in [2.45, 2.75) is 58.0 Å². The van der Waals surface area contributed by atoms with E-state index in [4.69, 9.17) is 5.11 Å². The van der Waals surface area contributed by atoms with E-state index in [2.05, 4.69) is 24.2 Å². The number of amides is 2. The van der Waals surface area contributed by atoms with Gasteiger partial charge in [-0.1, -0.05) is 20.3 Å². The Bertz CT molecular complexity index is 349. The smallest absolute Gasteiger partial charge is 0.317 e. The summed E-state index contributed by atoms with van der Waals surface area (Å²) < 4.78 is 0. The molecule has 0 aromatic heterocycles. The molecule has 0 aromatic rings. The van der Waals surface area contributed by atoms with Gasteiger partial charge in [0.15, 0.2) is 0 Å². The molecule has 6 heteroatoms. The molecule has 2 amide bonds. The largest absolute Gasteiger partial charge is 0.481 e. The molecule has 1 saturated heterocycles. The van der Waals surface area contributed by atoms with E-state index in [1.165, 1.54) is 0 Å². The molecule has 0 aliphatic carbocycles. The molecule has 2 atom stereocenters. The van der Waals surface area contributed by atoms with Gasteiger partial charge in [0.05, 0.1) is 6.42 Å². The van der Waals surface area contributed by atoms with E-state index in [1.807, 2.05) is 11.8 Å². The van der Waals surface area contributed by atoms with Gasteiger partial charge in [-0.3, -0.25) is 4.79 Å². The summed E-state index contributed by atoms with van der Waals surface area (Å²) in [5, 5.41) is 11.9. The van der Waals surface area contributed by atoms with Gasteiger partial charge >= 0.3 is 12.0 Å². The summed E-state index contributed by atoms with van der Waals surface area (Å²) >= 11 is 0. The summed E-state index contributed by atoms with van der Waals surface area (Å²) in [4.78, 5) is 27.5. The number of rotatable bonds is 6. The summed E-state index contributed by atoms with van der Waals surface area (Å²) in [7, 11) is 2.08. The van der Waals surface area contributed by atoms with Crippen LogP contribution in [0, 0.1) is 0 Å². The van der Waals surface area contributed by atoms with Crippen LogP contribution in [-0.2, 0) is 4.79 Å². The van der Waals surface area contributed by atoms with E-state index in [0.717, 1.165) is 38.9 Å². The molecule has 1 fully saturated rings. The molecule has 2 unspecified atom stereocenters. The Balaban J connectivity index is 2.67. The van der Waals surface area contributed by atoms with Crippen LogP contribution in [0.4, 0.5) is 4.79 Å². The molecule has 21 heavy (non-hydrogen) atoms. The molecule has 1 aliphatic heterocycles. The van der Waals surface area contributed by atoms with Crippen molar-refractivity contribution in [3.05, 3.63) is 0 Å². The summed E-state index contributed by atoms with van der Waals surface area (Å²) in [5.41, 5.74) is 0. The van der Waals surface area contributed by atoms with Crippen LogP contribution in [0.25, 0.3) is 0 Å². The van der Waals surface area contributed by atoms with Gasteiger partial charge in [0.2, 0.25) is 0 Å². The Morgan fingerprint density at radius 3 is 2.62 bits per heavy atom. The Hall–Kier alpha value is -1.30. The van der Waals surface area contributed by atoms with Crippen LogP contribution in [0.5, 0.6) is 0 Å². The molecule has 0 bridgehead atoms. The minimum Gasteiger partial charge on any atom is -0.481 e. The van der Waals surface area contributed by atoms with Crippen LogP contribution in [0.1, 0.15) is 46.0 Å². The average Bonchev–Trinajstić information content (AvgIpc) is 2.59. The second-order valence-electron chi connectivity index (χ2n) is 5.90. The Kier molecular flexibility index (Phi) is 7.50. The fourth-order valence-corrected chi connectivity index (χ4v) is 2.90. The second kappa shape index (κ2) is 8.87. The Morgan fingerprint density at radius 2 is 2.05 bits per heavy atom. The maximum atomic E-state index is 12.5. The van der Waals surface area contributed by atoms with E-state index in [0.29, 0.717) is 6.42 Å². The van der Waals surface area contributed by atoms with Crippen LogP contribution >= 0.6 is 0 Å². The van der Waals surface area contributed by atoms with Gasteiger partial charge in [-0.2, -0.15) is 0 Å². The number of carboxylic acid groups (broad SMARTS) is 1. The number of nitrogens with one attached hydrogen (secondary N) is 1. The van der Waals surface area contributed by atoms with Gasteiger partial charge in [0, 0.05) is 25.2 Å². The molecule has 1 aliphatic rings. The fraction of sp³-hybridized carbons (Fsp3) is 0.867. The average molecular weight is 299 g/mol. The fourth-order valence-electron chi connectivity index (χ4n) is 2.90. The van der Waals surface area contributed by atoms with Crippen molar-refractivity contribution in [3.63, 3.8) is 0 Å². The highest BCUT2D eigenvalue weighted by Crippen LogP contribution is 2.13. The number of nitrogens with zero attached hydrogens (tertiary/aromatic N) is 2. The maximum absolute atomic E-state index is 12.5. The van der Waals surface area contributed by atoms with Gasteiger partial charge in [-0.05, 0) is 32.9 Å². The molecule has 0 radical (unpaired) electrons. The van der Waals surface area contributed by atoms with E-state index in [-0.39, 0.29) is 24.5 Å². The first kappa shape index (κ1) is 17.8. The molecule has 1 rings (SSSR count). The van der Waals surface area contributed by atoms with Crippen molar-refractivity contribution < 1.29 is 14.7 Å². The van der Waals surface area contributed by atoms with Crippen LogP contribution < -0.4 is 5.32 Å². The number of carbonyl (C=O) groups excluding carboxylic acids is 1. The highest BCUT2D eigenvalue weighted by Gasteiger charge is 2.27. The minimum absolute atomic E-state index is 0.00981. The first-order valence-electron chi connectivity index (χ1n) is 7.95. The third-order valence-electron chi connectivity index (χ3n) is 4.02. The lowest BCUT2D eigenvalue weighted by Crippen LogP contribution is -2.51. The van der Waals surface area contributed by atoms with Gasteiger partial charge in [-0.15, -0.1) is 0 Å². The highest BCUT2D eigenvalue weighted by molar-refractivity contribution is 5.76. The minimum atomic E-state index is -0.864. The molecule has 2 N–H and O–H groups in total. The Morgan fingerprint density at radius 1 is 1.33 bits per heavy atom. The number of likely N-dealkylation sites (N-methyl/N-ethyl adjacent to an activating group) is 1. The molecular weight excluding hydrogens is 270 g/mol. The van der Waals surface area contributed by atoms with E-state index in [9.17, 15) is 9.59 Å². The number of urea groups is 1. The monoisotopic (exact) mass is 299 g/mol. The van der Waals surface area contributed by atoms with Crippen LogP contribution in [0.2, 0.25) is 0 Å². The van der Waals surface area contributed by atoms with Crippen molar-refractivity contribution in [2.24, 2.45) is 0 Å². The van der Waals surface area contributed by atoms with E-state index >= 15 is 0 Å². The summed E-state index contributed by atoms with van der Waals surface area (Å²) in [5.74, 6) is -0.864. The van der Waals surface area contributed by atoms with Crippen LogP contribution in [0.15, 0.2) is 0 Å². The Labute approximate surface area is 127 Å². The molecule has 0 aromatic carbocycles. The van der Waals surface area contributed by atoms with Crippen molar-refractivity contribution in [1.29, 1.82) is 0 Å². The normalized spacial score (nSPS) is 21.7. The molecular formula is C15H29N3O3. The SMILES string of the molecule is CCCC(CC(=O)O)NC(=O)N1CCCN(C)CC1CC. The lowest BCUT2D eigenvalue weighted by Gasteiger charge is -2.31. The quantitative estimate of drug-likeness (QED) is 0.784. The van der Waals surface area contributed by atoms with E-state index < -0.39 is 5.97 Å². The van der Waals surface area contributed by atoms with Gasteiger partial charge < -0.3 is 20.2 Å². The number of hydrogen-bond acceptors (Lipinski definition) is 3. The molecule has 0 saturated carbocycles. The summed E-state index contributed by atoms with van der Waals surface area (Å²) in [6.45, 7) is 6.69. The topological polar surface area (TPSA) is 72.9 Å².